The molecule has 0 heterocycles. The summed E-state index contributed by atoms with van der Waals surface area (Å²) in [6.07, 6.45) is 0.444. The van der Waals surface area contributed by atoms with E-state index in [1.165, 1.54) is 12.1 Å². The van der Waals surface area contributed by atoms with Crippen LogP contribution in [0, 0.1) is 0 Å². The predicted octanol–water partition coefficient (Wildman–Crippen LogP) is 3.37. The summed E-state index contributed by atoms with van der Waals surface area (Å²) < 4.78 is 47.6. The summed E-state index contributed by atoms with van der Waals surface area (Å²) in [5, 5.41) is 0. The Labute approximate surface area is 138 Å². The lowest BCUT2D eigenvalue weighted by Gasteiger charge is -2.29. The number of carbonyl (C=O) groups excluding carboxylic acids is 1. The standard InChI is InChI=1S/C16H23F2NO3S/c1-5-11-22-14(20)16(17,18)13(12-9-7-6-8-10-12)19-23(21)15(2,3)4/h6-10,13,19H,5,11H2,1-4H3/t13-,23?/m0/s1. The Morgan fingerprint density at radius 2 is 1.83 bits per heavy atom. The second-order valence-electron chi connectivity index (χ2n) is 6.10. The number of rotatable bonds is 7. The molecule has 23 heavy (non-hydrogen) atoms. The molecule has 0 fully saturated rings. The fourth-order valence-electron chi connectivity index (χ4n) is 1.69. The van der Waals surface area contributed by atoms with E-state index >= 15 is 0 Å². The third-order valence-corrected chi connectivity index (χ3v) is 4.55. The smallest absolute Gasteiger partial charge is 0.379 e. The van der Waals surface area contributed by atoms with Crippen LogP contribution in [-0.4, -0.2) is 27.5 Å². The van der Waals surface area contributed by atoms with Gasteiger partial charge >= 0.3 is 11.9 Å². The minimum Gasteiger partial charge on any atom is -0.461 e. The SMILES string of the molecule is CCCOC(=O)C(F)(F)[C@@H](NS(=O)C(C)(C)C)c1ccccc1. The van der Waals surface area contributed by atoms with Gasteiger partial charge in [-0.1, -0.05) is 37.3 Å². The first-order valence-corrected chi connectivity index (χ1v) is 8.53. The first kappa shape index (κ1) is 19.7. The summed E-state index contributed by atoms with van der Waals surface area (Å²) in [7, 11) is -1.77. The molecule has 2 atom stereocenters. The van der Waals surface area contributed by atoms with E-state index < -0.39 is 33.7 Å². The van der Waals surface area contributed by atoms with Gasteiger partial charge < -0.3 is 4.74 Å². The average Bonchev–Trinajstić information content (AvgIpc) is 2.49. The van der Waals surface area contributed by atoms with Gasteiger partial charge in [-0.25, -0.2) is 13.7 Å². The molecule has 1 aromatic carbocycles. The largest absolute Gasteiger partial charge is 0.461 e. The summed E-state index contributed by atoms with van der Waals surface area (Å²) in [5.74, 6) is -5.45. The molecule has 4 nitrogen and oxygen atoms in total. The normalized spacial score (nSPS) is 15.0. The van der Waals surface area contributed by atoms with E-state index in [1.54, 1.807) is 45.9 Å². The predicted molar refractivity (Wildman–Crippen MR) is 86.4 cm³/mol. The third-order valence-electron chi connectivity index (χ3n) is 2.99. The Kier molecular flexibility index (Phi) is 6.83. The van der Waals surface area contributed by atoms with E-state index in [-0.39, 0.29) is 12.2 Å². The lowest BCUT2D eigenvalue weighted by Crippen LogP contribution is -2.47. The van der Waals surface area contributed by atoms with Gasteiger partial charge in [0, 0.05) is 0 Å². The number of hydrogen-bond acceptors (Lipinski definition) is 3. The van der Waals surface area contributed by atoms with Crippen molar-refractivity contribution in [1.82, 2.24) is 4.72 Å². The van der Waals surface area contributed by atoms with Crippen LogP contribution in [0.4, 0.5) is 8.78 Å². The quantitative estimate of drug-likeness (QED) is 0.770. The van der Waals surface area contributed by atoms with Gasteiger partial charge in [-0.05, 0) is 32.8 Å². The van der Waals surface area contributed by atoms with Gasteiger partial charge in [0.15, 0.2) is 0 Å². The molecule has 0 aromatic heterocycles. The summed E-state index contributed by atoms with van der Waals surface area (Å²) >= 11 is 0. The molecule has 0 saturated carbocycles. The number of nitrogens with one attached hydrogen (secondary N) is 1. The molecular weight excluding hydrogens is 324 g/mol. The molecule has 1 aromatic rings. The van der Waals surface area contributed by atoms with Gasteiger partial charge in [0.2, 0.25) is 0 Å². The highest BCUT2D eigenvalue weighted by molar-refractivity contribution is 7.84. The average molecular weight is 347 g/mol. The number of alkyl halides is 2. The molecule has 0 saturated heterocycles. The Hall–Kier alpha value is -1.34. The van der Waals surface area contributed by atoms with Crippen molar-refractivity contribution in [2.75, 3.05) is 6.61 Å². The first-order chi connectivity index (χ1) is 10.6. The molecule has 0 spiro atoms. The van der Waals surface area contributed by atoms with Crippen LogP contribution in [0.1, 0.15) is 45.7 Å². The molecule has 1 N–H and O–H groups in total. The third kappa shape index (κ3) is 5.35. The van der Waals surface area contributed by atoms with Crippen molar-refractivity contribution in [3.05, 3.63) is 35.9 Å². The molecule has 0 aliphatic carbocycles. The lowest BCUT2D eigenvalue weighted by atomic mass is 10.0. The van der Waals surface area contributed by atoms with Crippen molar-refractivity contribution in [3.8, 4) is 0 Å². The Balaban J connectivity index is 3.13. The molecule has 0 aliphatic heterocycles. The van der Waals surface area contributed by atoms with Crippen molar-refractivity contribution >= 4 is 17.0 Å². The maximum absolute atomic E-state index is 14.6. The zero-order valence-electron chi connectivity index (χ0n) is 13.8. The Morgan fingerprint density at radius 3 is 2.30 bits per heavy atom. The molecule has 1 rings (SSSR count). The monoisotopic (exact) mass is 347 g/mol. The molecule has 0 radical (unpaired) electrons. The van der Waals surface area contributed by atoms with Gasteiger partial charge in [0.25, 0.3) is 0 Å². The van der Waals surface area contributed by atoms with Crippen LogP contribution in [0.3, 0.4) is 0 Å². The number of carbonyl (C=O) groups is 1. The molecule has 7 heteroatoms. The van der Waals surface area contributed by atoms with Crippen molar-refractivity contribution in [2.45, 2.75) is 50.8 Å². The van der Waals surface area contributed by atoms with E-state index in [0.717, 1.165) is 0 Å². The highest BCUT2D eigenvalue weighted by Gasteiger charge is 2.50. The van der Waals surface area contributed by atoms with Crippen LogP contribution in [0.25, 0.3) is 0 Å². The molecule has 130 valence electrons. The molecular formula is C16H23F2NO3S. The molecule has 0 aliphatic rings. The van der Waals surface area contributed by atoms with Crippen LogP contribution in [0.2, 0.25) is 0 Å². The van der Waals surface area contributed by atoms with Gasteiger partial charge in [-0.15, -0.1) is 0 Å². The van der Waals surface area contributed by atoms with Gasteiger partial charge in [-0.3, -0.25) is 0 Å². The second-order valence-corrected chi connectivity index (χ2v) is 8.10. The van der Waals surface area contributed by atoms with E-state index in [0.29, 0.717) is 6.42 Å². The number of ether oxygens (including phenoxy) is 1. The maximum Gasteiger partial charge on any atom is 0.379 e. The highest BCUT2D eigenvalue weighted by Crippen LogP contribution is 2.34. The second kappa shape index (κ2) is 7.97. The summed E-state index contributed by atoms with van der Waals surface area (Å²) in [5.41, 5.74) is 0.170. The van der Waals surface area contributed by atoms with Gasteiger partial charge in [0.1, 0.15) is 6.04 Å². The number of hydrogen-bond donors (Lipinski definition) is 1. The topological polar surface area (TPSA) is 55.4 Å². The van der Waals surface area contributed by atoms with Crippen molar-refractivity contribution < 1.29 is 22.5 Å². The van der Waals surface area contributed by atoms with E-state index in [9.17, 15) is 17.8 Å². The number of benzene rings is 1. The van der Waals surface area contributed by atoms with Crippen LogP contribution in [-0.2, 0) is 20.5 Å². The van der Waals surface area contributed by atoms with Gasteiger partial charge in [0.05, 0.1) is 22.3 Å². The van der Waals surface area contributed by atoms with Crippen molar-refractivity contribution in [3.63, 3.8) is 0 Å². The zero-order chi connectivity index (χ0) is 17.7. The van der Waals surface area contributed by atoms with E-state index in [1.807, 2.05) is 0 Å². The Bertz CT molecular complexity index is 544. The maximum atomic E-state index is 14.6. The Morgan fingerprint density at radius 1 is 1.26 bits per heavy atom. The van der Waals surface area contributed by atoms with Crippen LogP contribution < -0.4 is 4.72 Å². The minimum atomic E-state index is -3.84. The van der Waals surface area contributed by atoms with Gasteiger partial charge in [-0.2, -0.15) is 8.78 Å². The molecule has 1 unspecified atom stereocenters. The summed E-state index contributed by atoms with van der Waals surface area (Å²) in [6.45, 7) is 6.61. The van der Waals surface area contributed by atoms with Crippen LogP contribution in [0.15, 0.2) is 30.3 Å². The fourth-order valence-corrected chi connectivity index (χ4v) is 2.54. The van der Waals surface area contributed by atoms with E-state index in [4.69, 9.17) is 0 Å². The molecule has 0 bridgehead atoms. The lowest BCUT2D eigenvalue weighted by molar-refractivity contribution is -0.176. The zero-order valence-corrected chi connectivity index (χ0v) is 14.6. The number of esters is 1. The minimum absolute atomic E-state index is 0.0850. The van der Waals surface area contributed by atoms with Crippen LogP contribution in [0.5, 0.6) is 0 Å². The fraction of sp³-hybridized carbons (Fsp3) is 0.562. The highest BCUT2D eigenvalue weighted by atomic mass is 32.2. The van der Waals surface area contributed by atoms with E-state index in [2.05, 4.69) is 9.46 Å². The summed E-state index contributed by atoms with van der Waals surface area (Å²) in [6, 6.07) is 6.02. The van der Waals surface area contributed by atoms with Crippen molar-refractivity contribution in [1.29, 1.82) is 0 Å². The van der Waals surface area contributed by atoms with Crippen LogP contribution >= 0.6 is 0 Å². The molecule has 0 amide bonds. The first-order valence-electron chi connectivity index (χ1n) is 7.38. The number of halogens is 2. The van der Waals surface area contributed by atoms with Crippen molar-refractivity contribution in [2.24, 2.45) is 0 Å². The summed E-state index contributed by atoms with van der Waals surface area (Å²) in [4.78, 5) is 11.8.